The summed E-state index contributed by atoms with van der Waals surface area (Å²) in [6.45, 7) is 1.96. The van der Waals surface area contributed by atoms with E-state index in [1.807, 2.05) is 0 Å². The van der Waals surface area contributed by atoms with Crippen molar-refractivity contribution in [1.82, 2.24) is 5.32 Å². The molecule has 1 heterocycles. The van der Waals surface area contributed by atoms with Crippen LogP contribution in [0.15, 0.2) is 24.3 Å². The molecule has 76 valence electrons. The van der Waals surface area contributed by atoms with Crippen molar-refractivity contribution in [2.75, 3.05) is 6.54 Å². The first-order chi connectivity index (χ1) is 6.57. The summed E-state index contributed by atoms with van der Waals surface area (Å²) in [5, 5.41) is 3.09. The molecule has 0 spiro atoms. The van der Waals surface area contributed by atoms with Crippen molar-refractivity contribution in [3.05, 3.63) is 35.6 Å². The Labute approximate surface area is 82.1 Å². The van der Waals surface area contributed by atoms with Gasteiger partial charge in [-0.2, -0.15) is 0 Å². The third-order valence-electron chi connectivity index (χ3n) is 2.62. The van der Waals surface area contributed by atoms with Crippen LogP contribution < -0.4 is 5.32 Å². The second-order valence-electron chi connectivity index (χ2n) is 4.10. The molecule has 0 amide bonds. The molecule has 1 aromatic rings. The number of rotatable bonds is 1. The molecule has 0 radical (unpaired) electrons. The highest BCUT2D eigenvalue weighted by Crippen LogP contribution is 2.32. The lowest BCUT2D eigenvalue weighted by Crippen LogP contribution is -2.20. The minimum absolute atomic E-state index is 0.0191. The molecule has 0 saturated carbocycles. The van der Waals surface area contributed by atoms with Crippen molar-refractivity contribution in [3.63, 3.8) is 0 Å². The van der Waals surface area contributed by atoms with Crippen molar-refractivity contribution in [1.29, 1.82) is 0 Å². The zero-order valence-corrected chi connectivity index (χ0v) is 8.06. The van der Waals surface area contributed by atoms with E-state index >= 15 is 0 Å². The van der Waals surface area contributed by atoms with Gasteiger partial charge in [0.1, 0.15) is 11.5 Å². The first kappa shape index (κ1) is 9.59. The Bertz CT molecular complexity index is 319. The topological polar surface area (TPSA) is 12.0 Å². The largest absolute Gasteiger partial charge is 0.307 e. The van der Waals surface area contributed by atoms with E-state index in [0.717, 1.165) is 5.56 Å². The van der Waals surface area contributed by atoms with Crippen LogP contribution in [-0.2, 0) is 0 Å². The fourth-order valence-corrected chi connectivity index (χ4v) is 1.84. The molecule has 1 nitrogen and oxygen atoms in total. The van der Waals surface area contributed by atoms with Gasteiger partial charge in [0.25, 0.3) is 0 Å². The molecule has 1 saturated heterocycles. The first-order valence-corrected chi connectivity index (χ1v) is 4.75. The van der Waals surface area contributed by atoms with E-state index in [0.29, 0.717) is 13.0 Å². The lowest BCUT2D eigenvalue weighted by atomic mass is 9.99. The molecular weight excluding hydrogens is 184 g/mol. The van der Waals surface area contributed by atoms with E-state index in [4.69, 9.17) is 0 Å². The summed E-state index contributed by atoms with van der Waals surface area (Å²) in [5.41, 5.74) is -0.188. The maximum Gasteiger partial charge on any atom is 0.123 e. The van der Waals surface area contributed by atoms with Gasteiger partial charge in [0, 0.05) is 19.0 Å². The van der Waals surface area contributed by atoms with Crippen LogP contribution in [-0.4, -0.2) is 12.2 Å². The summed E-state index contributed by atoms with van der Waals surface area (Å²) in [4.78, 5) is 0. The van der Waals surface area contributed by atoms with E-state index in [1.54, 1.807) is 19.1 Å². The molecule has 3 heteroatoms. The summed E-state index contributed by atoms with van der Waals surface area (Å²) in [5.74, 6) is -0.255. The van der Waals surface area contributed by atoms with Crippen LogP contribution in [0.4, 0.5) is 8.78 Å². The van der Waals surface area contributed by atoms with Crippen molar-refractivity contribution in [2.24, 2.45) is 0 Å². The summed E-state index contributed by atoms with van der Waals surface area (Å²) < 4.78 is 26.1. The van der Waals surface area contributed by atoms with E-state index in [-0.39, 0.29) is 11.9 Å². The highest BCUT2D eigenvalue weighted by molar-refractivity contribution is 5.22. The van der Waals surface area contributed by atoms with Crippen molar-refractivity contribution in [3.8, 4) is 0 Å². The molecule has 1 aliphatic rings. The maximum atomic E-state index is 13.5. The first-order valence-electron chi connectivity index (χ1n) is 4.75. The van der Waals surface area contributed by atoms with Crippen LogP contribution in [0.3, 0.4) is 0 Å². The van der Waals surface area contributed by atoms with Gasteiger partial charge in [-0.1, -0.05) is 12.1 Å². The van der Waals surface area contributed by atoms with Gasteiger partial charge < -0.3 is 5.32 Å². The highest BCUT2D eigenvalue weighted by atomic mass is 19.1. The summed E-state index contributed by atoms with van der Waals surface area (Å²) >= 11 is 0. The minimum atomic E-state index is -1.14. The zero-order chi connectivity index (χ0) is 10.2. The highest BCUT2D eigenvalue weighted by Gasteiger charge is 2.35. The van der Waals surface area contributed by atoms with Crippen LogP contribution >= 0.6 is 0 Å². The molecular formula is C11H13F2N. The van der Waals surface area contributed by atoms with Crippen LogP contribution in [0.5, 0.6) is 0 Å². The standard InChI is InChI=1S/C11H13F2N/c1-11(13)6-10(14-7-11)8-2-4-9(12)5-3-8/h2-5,10,14H,6-7H2,1H3. The van der Waals surface area contributed by atoms with Crippen molar-refractivity contribution < 1.29 is 8.78 Å². The van der Waals surface area contributed by atoms with Crippen LogP contribution in [0.25, 0.3) is 0 Å². The van der Waals surface area contributed by atoms with Crippen LogP contribution in [0.1, 0.15) is 24.9 Å². The minimum Gasteiger partial charge on any atom is -0.307 e. The predicted octanol–water partition coefficient (Wildman–Crippen LogP) is 2.59. The molecule has 1 fully saturated rings. The quantitative estimate of drug-likeness (QED) is 0.729. The van der Waals surface area contributed by atoms with Crippen molar-refractivity contribution >= 4 is 0 Å². The summed E-state index contributed by atoms with van der Waals surface area (Å²) in [6.07, 6.45) is 0.457. The Hall–Kier alpha value is -0.960. The number of alkyl halides is 1. The third kappa shape index (κ3) is 1.93. The second-order valence-corrected chi connectivity index (χ2v) is 4.10. The Morgan fingerprint density at radius 3 is 2.50 bits per heavy atom. The predicted molar refractivity (Wildman–Crippen MR) is 51.3 cm³/mol. The van der Waals surface area contributed by atoms with Gasteiger partial charge in [0.2, 0.25) is 0 Å². The van der Waals surface area contributed by atoms with Crippen LogP contribution in [0.2, 0.25) is 0 Å². The van der Waals surface area contributed by atoms with Gasteiger partial charge in [0.15, 0.2) is 0 Å². The van der Waals surface area contributed by atoms with Gasteiger partial charge >= 0.3 is 0 Å². The van der Waals surface area contributed by atoms with Crippen molar-refractivity contribution in [2.45, 2.75) is 25.1 Å². The average Bonchev–Trinajstić information content (AvgIpc) is 2.47. The van der Waals surface area contributed by atoms with Gasteiger partial charge in [-0.05, 0) is 24.6 Å². The molecule has 0 aromatic heterocycles. The maximum absolute atomic E-state index is 13.5. The molecule has 1 N–H and O–H groups in total. The smallest absolute Gasteiger partial charge is 0.123 e. The fourth-order valence-electron chi connectivity index (χ4n) is 1.84. The normalized spacial score (nSPS) is 32.1. The van der Waals surface area contributed by atoms with Crippen LogP contribution in [0, 0.1) is 5.82 Å². The number of nitrogens with one attached hydrogen (secondary N) is 1. The molecule has 1 aromatic carbocycles. The lowest BCUT2D eigenvalue weighted by molar-refractivity contribution is 0.214. The van der Waals surface area contributed by atoms with E-state index in [2.05, 4.69) is 5.32 Å². The molecule has 2 rings (SSSR count). The van der Waals surface area contributed by atoms with Gasteiger partial charge in [-0.3, -0.25) is 0 Å². The molecule has 2 atom stereocenters. The molecule has 0 bridgehead atoms. The second kappa shape index (κ2) is 3.31. The van der Waals surface area contributed by atoms with E-state index < -0.39 is 5.67 Å². The molecule has 2 unspecified atom stereocenters. The number of halogens is 2. The van der Waals surface area contributed by atoms with Gasteiger partial charge in [-0.15, -0.1) is 0 Å². The molecule has 0 aliphatic carbocycles. The van der Waals surface area contributed by atoms with E-state index in [9.17, 15) is 8.78 Å². The Kier molecular flexibility index (Phi) is 2.27. The Morgan fingerprint density at radius 2 is 2.00 bits per heavy atom. The molecule has 1 aliphatic heterocycles. The van der Waals surface area contributed by atoms with Gasteiger partial charge in [0.05, 0.1) is 0 Å². The lowest BCUT2D eigenvalue weighted by Gasteiger charge is -2.12. The third-order valence-corrected chi connectivity index (χ3v) is 2.62. The average molecular weight is 197 g/mol. The Balaban J connectivity index is 2.14. The molecule has 14 heavy (non-hydrogen) atoms. The summed E-state index contributed by atoms with van der Waals surface area (Å²) in [7, 11) is 0. The van der Waals surface area contributed by atoms with E-state index in [1.165, 1.54) is 12.1 Å². The zero-order valence-electron chi connectivity index (χ0n) is 8.06. The fraction of sp³-hybridized carbons (Fsp3) is 0.455. The monoisotopic (exact) mass is 197 g/mol. The van der Waals surface area contributed by atoms with Gasteiger partial charge in [-0.25, -0.2) is 8.78 Å². The summed E-state index contributed by atoms with van der Waals surface area (Å²) in [6, 6.07) is 6.24. The Morgan fingerprint density at radius 1 is 1.36 bits per heavy atom. The number of benzene rings is 1. The SMILES string of the molecule is CC1(F)CNC(c2ccc(F)cc2)C1. The number of hydrogen-bond donors (Lipinski definition) is 1. The number of hydrogen-bond acceptors (Lipinski definition) is 1.